The second-order valence-electron chi connectivity index (χ2n) is 6.29. The molecule has 4 rings (SSSR count). The summed E-state index contributed by atoms with van der Waals surface area (Å²) in [7, 11) is 0. The quantitative estimate of drug-likeness (QED) is 0.797. The van der Waals surface area contributed by atoms with Crippen molar-refractivity contribution in [2.24, 2.45) is 11.3 Å². The summed E-state index contributed by atoms with van der Waals surface area (Å²) in [5.74, 6) is 1.15. The molecule has 22 heavy (non-hydrogen) atoms. The molecule has 2 aromatic rings. The topological polar surface area (TPSA) is 69.8 Å². The first kappa shape index (κ1) is 15.3. The van der Waals surface area contributed by atoms with Gasteiger partial charge in [-0.3, -0.25) is 10.1 Å². The van der Waals surface area contributed by atoms with Crippen molar-refractivity contribution in [3.63, 3.8) is 0 Å². The van der Waals surface area contributed by atoms with E-state index in [4.69, 9.17) is 0 Å². The molecule has 0 spiro atoms. The fourth-order valence-electron chi connectivity index (χ4n) is 3.93. The van der Waals surface area contributed by atoms with Gasteiger partial charge in [0, 0.05) is 6.54 Å². The third-order valence-electron chi connectivity index (χ3n) is 5.11. The molecule has 3 N–H and O–H groups in total. The van der Waals surface area contributed by atoms with E-state index >= 15 is 0 Å². The Hall–Kier alpha value is -1.59. The van der Waals surface area contributed by atoms with Gasteiger partial charge in [-0.1, -0.05) is 25.0 Å². The summed E-state index contributed by atoms with van der Waals surface area (Å²) in [6, 6.07) is 7.82. The van der Waals surface area contributed by atoms with E-state index in [2.05, 4.69) is 20.6 Å². The largest absolute Gasteiger partial charge is 0.324 e. The molecule has 5 nitrogen and oxygen atoms in total. The van der Waals surface area contributed by atoms with Gasteiger partial charge >= 0.3 is 0 Å². The van der Waals surface area contributed by atoms with E-state index in [1.165, 1.54) is 6.42 Å². The summed E-state index contributed by atoms with van der Waals surface area (Å²) < 4.78 is 0. The minimum absolute atomic E-state index is 0. The molecule has 1 aliphatic carbocycles. The van der Waals surface area contributed by atoms with Crippen LogP contribution in [0.3, 0.4) is 0 Å². The van der Waals surface area contributed by atoms with Gasteiger partial charge in [-0.25, -0.2) is 4.98 Å². The number of imidazole rings is 1. The van der Waals surface area contributed by atoms with Gasteiger partial charge in [0.1, 0.15) is 0 Å². The number of nitrogens with one attached hydrogen (secondary N) is 3. The fraction of sp³-hybridized carbons (Fsp3) is 0.500. The third-order valence-corrected chi connectivity index (χ3v) is 5.11. The van der Waals surface area contributed by atoms with Crippen molar-refractivity contribution in [2.75, 3.05) is 18.4 Å². The number of hydrogen-bond acceptors (Lipinski definition) is 3. The van der Waals surface area contributed by atoms with E-state index in [0.29, 0.717) is 11.9 Å². The molecule has 118 valence electrons. The minimum atomic E-state index is -0.239. The van der Waals surface area contributed by atoms with Crippen molar-refractivity contribution < 1.29 is 4.79 Å². The van der Waals surface area contributed by atoms with E-state index < -0.39 is 0 Å². The van der Waals surface area contributed by atoms with Gasteiger partial charge in [0.15, 0.2) is 0 Å². The van der Waals surface area contributed by atoms with Crippen LogP contribution < -0.4 is 10.6 Å². The predicted molar refractivity (Wildman–Crippen MR) is 89.2 cm³/mol. The lowest BCUT2D eigenvalue weighted by molar-refractivity contribution is -0.128. The summed E-state index contributed by atoms with van der Waals surface area (Å²) in [5.41, 5.74) is 1.60. The van der Waals surface area contributed by atoms with E-state index in [9.17, 15) is 4.79 Å². The monoisotopic (exact) mass is 320 g/mol. The number of amides is 1. The zero-order valence-corrected chi connectivity index (χ0v) is 13.2. The molecule has 1 saturated carbocycles. The van der Waals surface area contributed by atoms with Crippen LogP contribution in [0.5, 0.6) is 0 Å². The van der Waals surface area contributed by atoms with Crippen LogP contribution in [0.15, 0.2) is 24.3 Å². The van der Waals surface area contributed by atoms with Gasteiger partial charge in [-0.05, 0) is 37.4 Å². The highest BCUT2D eigenvalue weighted by Gasteiger charge is 2.49. The zero-order chi connectivity index (χ0) is 14.3. The molecule has 1 amide bonds. The standard InChI is InChI=1S/C16H20N4O.ClH/c21-14(16-8-4-3-5-11(16)9-17-10-16)20-15-18-12-6-1-2-7-13(12)19-15;/h1-2,6-7,11,17H,3-5,8-10H2,(H2,18,19,20,21);1H/t11-,16+;/m0./s1. The Morgan fingerprint density at radius 1 is 1.32 bits per heavy atom. The van der Waals surface area contributed by atoms with E-state index in [-0.39, 0.29) is 23.7 Å². The van der Waals surface area contributed by atoms with Crippen molar-refractivity contribution in [1.82, 2.24) is 15.3 Å². The average molecular weight is 321 g/mol. The van der Waals surface area contributed by atoms with Crippen molar-refractivity contribution in [3.8, 4) is 0 Å². The molecular formula is C16H21ClN4O. The Morgan fingerprint density at radius 2 is 2.18 bits per heavy atom. The molecule has 6 heteroatoms. The number of aromatic nitrogens is 2. The molecule has 0 radical (unpaired) electrons. The maximum Gasteiger partial charge on any atom is 0.234 e. The lowest BCUT2D eigenvalue weighted by Gasteiger charge is -2.36. The van der Waals surface area contributed by atoms with E-state index in [0.717, 1.165) is 43.4 Å². The van der Waals surface area contributed by atoms with Crippen LogP contribution in [0.4, 0.5) is 5.95 Å². The molecular weight excluding hydrogens is 300 g/mol. The maximum absolute atomic E-state index is 12.8. The Morgan fingerprint density at radius 3 is 3.05 bits per heavy atom. The number of halogens is 1. The molecule has 1 saturated heterocycles. The number of carbonyl (C=O) groups is 1. The summed E-state index contributed by atoms with van der Waals surface area (Å²) in [4.78, 5) is 20.5. The highest BCUT2D eigenvalue weighted by molar-refractivity contribution is 5.96. The summed E-state index contributed by atoms with van der Waals surface area (Å²) >= 11 is 0. The SMILES string of the molecule is Cl.O=C(Nc1nc2ccccc2[nH]1)[C@@]12CCCC[C@H]1CNC2. The Kier molecular flexibility index (Phi) is 4.10. The number of benzene rings is 1. The molecule has 1 aliphatic heterocycles. The van der Waals surface area contributed by atoms with Crippen LogP contribution in [-0.4, -0.2) is 29.0 Å². The van der Waals surface area contributed by atoms with Crippen molar-refractivity contribution >= 4 is 35.3 Å². The molecule has 2 aliphatic rings. The number of fused-ring (bicyclic) bond motifs is 2. The number of aromatic amines is 1. The number of hydrogen-bond donors (Lipinski definition) is 3. The van der Waals surface area contributed by atoms with Crippen molar-refractivity contribution in [1.29, 1.82) is 0 Å². The van der Waals surface area contributed by atoms with Gasteiger partial charge in [-0.15, -0.1) is 12.4 Å². The zero-order valence-electron chi connectivity index (χ0n) is 12.4. The van der Waals surface area contributed by atoms with Crippen LogP contribution >= 0.6 is 12.4 Å². The maximum atomic E-state index is 12.8. The van der Waals surface area contributed by atoms with Gasteiger partial charge in [0.2, 0.25) is 11.9 Å². The molecule has 2 atom stereocenters. The van der Waals surface area contributed by atoms with Crippen molar-refractivity contribution in [3.05, 3.63) is 24.3 Å². The lowest BCUT2D eigenvalue weighted by Crippen LogP contribution is -2.44. The fourth-order valence-corrected chi connectivity index (χ4v) is 3.93. The van der Waals surface area contributed by atoms with Gasteiger partial charge < -0.3 is 10.3 Å². The van der Waals surface area contributed by atoms with Crippen LogP contribution in [-0.2, 0) is 4.79 Å². The smallest absolute Gasteiger partial charge is 0.234 e. The Balaban J connectivity index is 0.00000144. The normalized spacial score (nSPS) is 27.2. The van der Waals surface area contributed by atoms with Gasteiger partial charge in [-0.2, -0.15) is 0 Å². The van der Waals surface area contributed by atoms with Crippen LogP contribution in [0, 0.1) is 11.3 Å². The third kappa shape index (κ3) is 2.38. The van der Waals surface area contributed by atoms with Gasteiger partial charge in [0.25, 0.3) is 0 Å². The molecule has 1 aromatic carbocycles. The Bertz CT molecular complexity index is 653. The highest BCUT2D eigenvalue weighted by atomic mass is 35.5. The number of carbonyl (C=O) groups excluding carboxylic acids is 1. The molecule has 1 aromatic heterocycles. The summed E-state index contributed by atoms with van der Waals surface area (Å²) in [5, 5.41) is 6.42. The number of para-hydroxylation sites is 2. The summed E-state index contributed by atoms with van der Waals surface area (Å²) in [6.07, 6.45) is 4.52. The number of rotatable bonds is 2. The number of nitrogens with zero attached hydrogens (tertiary/aromatic N) is 1. The second kappa shape index (κ2) is 5.89. The highest BCUT2D eigenvalue weighted by Crippen LogP contribution is 2.44. The van der Waals surface area contributed by atoms with E-state index in [1.54, 1.807) is 0 Å². The molecule has 0 bridgehead atoms. The van der Waals surface area contributed by atoms with Gasteiger partial charge in [0.05, 0.1) is 16.4 Å². The number of anilines is 1. The van der Waals surface area contributed by atoms with Crippen LogP contribution in [0.25, 0.3) is 11.0 Å². The molecule has 2 heterocycles. The second-order valence-corrected chi connectivity index (χ2v) is 6.29. The predicted octanol–water partition coefficient (Wildman–Crippen LogP) is 2.70. The first-order valence-electron chi connectivity index (χ1n) is 7.75. The average Bonchev–Trinajstić information content (AvgIpc) is 3.10. The Labute approximate surface area is 135 Å². The number of H-pyrrole nitrogens is 1. The molecule has 0 unspecified atom stereocenters. The van der Waals surface area contributed by atoms with E-state index in [1.807, 2.05) is 24.3 Å². The lowest BCUT2D eigenvalue weighted by atomic mass is 9.67. The van der Waals surface area contributed by atoms with Crippen molar-refractivity contribution in [2.45, 2.75) is 25.7 Å². The minimum Gasteiger partial charge on any atom is -0.324 e. The summed E-state index contributed by atoms with van der Waals surface area (Å²) in [6.45, 7) is 1.76. The molecule has 2 fully saturated rings. The van der Waals surface area contributed by atoms with Crippen LogP contribution in [0.2, 0.25) is 0 Å². The first-order valence-corrected chi connectivity index (χ1v) is 7.75. The first-order chi connectivity index (χ1) is 10.3. The van der Waals surface area contributed by atoms with Crippen LogP contribution in [0.1, 0.15) is 25.7 Å².